The number of anilines is 2. The van der Waals surface area contributed by atoms with Crippen LogP contribution in [0, 0.1) is 0 Å². The molecule has 0 unspecified atom stereocenters. The molecule has 0 aliphatic carbocycles. The zero-order valence-corrected chi connectivity index (χ0v) is 15.6. The average molecular weight is 354 g/mol. The normalized spacial score (nSPS) is 10.3. The molecule has 0 spiro atoms. The highest BCUT2D eigenvalue weighted by Gasteiger charge is 2.15. The van der Waals surface area contributed by atoms with Crippen molar-refractivity contribution in [3.05, 3.63) is 54.4 Å². The van der Waals surface area contributed by atoms with Crippen molar-refractivity contribution in [2.75, 3.05) is 29.9 Å². The quantitative estimate of drug-likeness (QED) is 0.792. The van der Waals surface area contributed by atoms with Crippen molar-refractivity contribution in [3.63, 3.8) is 0 Å². The van der Waals surface area contributed by atoms with Gasteiger partial charge in [0.1, 0.15) is 6.54 Å². The molecule has 6 nitrogen and oxygen atoms in total. The lowest BCUT2D eigenvalue weighted by Gasteiger charge is -2.22. The van der Waals surface area contributed by atoms with Crippen molar-refractivity contribution in [3.8, 4) is 0 Å². The van der Waals surface area contributed by atoms with Crippen molar-refractivity contribution in [1.29, 1.82) is 0 Å². The van der Waals surface area contributed by atoms with Gasteiger partial charge < -0.3 is 15.1 Å². The lowest BCUT2D eigenvalue weighted by molar-refractivity contribution is -0.133. The summed E-state index contributed by atoms with van der Waals surface area (Å²) in [5, 5.41) is 2.84. The third kappa shape index (κ3) is 5.58. The van der Waals surface area contributed by atoms with E-state index < -0.39 is 0 Å². The maximum Gasteiger partial charge on any atom is 0.244 e. The Labute approximate surface area is 154 Å². The number of hydrogen-bond acceptors (Lipinski definition) is 4. The fraction of sp³-hybridized carbons (Fsp3) is 0.350. The fourth-order valence-corrected chi connectivity index (χ4v) is 2.68. The molecule has 1 aromatic carbocycles. The highest BCUT2D eigenvalue weighted by molar-refractivity contribution is 5.94. The number of carbonyl (C=O) groups excluding carboxylic acids is 2. The molecular weight excluding hydrogens is 328 g/mol. The van der Waals surface area contributed by atoms with Crippen LogP contribution in [-0.2, 0) is 16.1 Å². The highest BCUT2D eigenvalue weighted by atomic mass is 16.2. The second-order valence-corrected chi connectivity index (χ2v) is 5.96. The smallest absolute Gasteiger partial charge is 0.244 e. The molecule has 0 radical (unpaired) electrons. The van der Waals surface area contributed by atoms with Crippen LogP contribution in [0.5, 0.6) is 0 Å². The first-order chi connectivity index (χ1) is 12.5. The van der Waals surface area contributed by atoms with Gasteiger partial charge in [0, 0.05) is 37.6 Å². The Morgan fingerprint density at radius 3 is 2.27 bits per heavy atom. The van der Waals surface area contributed by atoms with Gasteiger partial charge in [-0.1, -0.05) is 6.07 Å². The van der Waals surface area contributed by atoms with Gasteiger partial charge in [-0.25, -0.2) is 0 Å². The molecule has 1 N–H and O–H groups in total. The minimum Gasteiger partial charge on any atom is -0.372 e. The van der Waals surface area contributed by atoms with Gasteiger partial charge in [-0.3, -0.25) is 14.6 Å². The molecule has 6 heteroatoms. The Morgan fingerprint density at radius 2 is 1.73 bits per heavy atom. The van der Waals surface area contributed by atoms with Crippen molar-refractivity contribution < 1.29 is 9.59 Å². The molecule has 0 bridgehead atoms. The SMILES string of the molecule is CCN(CC)c1ccc(NC(=O)CN(Cc2ccccn2)C(C)=O)cc1. The highest BCUT2D eigenvalue weighted by Crippen LogP contribution is 2.17. The molecule has 2 amide bonds. The maximum atomic E-state index is 12.3. The summed E-state index contributed by atoms with van der Waals surface area (Å²) in [6.45, 7) is 7.84. The molecule has 138 valence electrons. The monoisotopic (exact) mass is 354 g/mol. The predicted octanol–water partition coefficient (Wildman–Crippen LogP) is 2.92. The summed E-state index contributed by atoms with van der Waals surface area (Å²) in [6.07, 6.45) is 1.67. The number of aromatic nitrogens is 1. The van der Waals surface area contributed by atoms with Crippen LogP contribution in [0.1, 0.15) is 26.5 Å². The summed E-state index contributed by atoms with van der Waals surface area (Å²) in [5.41, 5.74) is 2.58. The summed E-state index contributed by atoms with van der Waals surface area (Å²) >= 11 is 0. The third-order valence-electron chi connectivity index (χ3n) is 4.14. The van der Waals surface area contributed by atoms with E-state index in [0.29, 0.717) is 12.2 Å². The number of nitrogens with zero attached hydrogens (tertiary/aromatic N) is 3. The van der Waals surface area contributed by atoms with Gasteiger partial charge in [-0.05, 0) is 50.2 Å². The predicted molar refractivity (Wildman–Crippen MR) is 104 cm³/mol. The van der Waals surface area contributed by atoms with E-state index in [4.69, 9.17) is 0 Å². The Hall–Kier alpha value is -2.89. The lowest BCUT2D eigenvalue weighted by Crippen LogP contribution is -2.36. The summed E-state index contributed by atoms with van der Waals surface area (Å²) in [6, 6.07) is 13.2. The number of nitrogens with one attached hydrogen (secondary N) is 1. The topological polar surface area (TPSA) is 65.5 Å². The van der Waals surface area contributed by atoms with Crippen LogP contribution in [0.2, 0.25) is 0 Å². The van der Waals surface area contributed by atoms with Crippen LogP contribution in [0.15, 0.2) is 48.7 Å². The van der Waals surface area contributed by atoms with Crippen LogP contribution >= 0.6 is 0 Å². The van der Waals surface area contributed by atoms with Gasteiger partial charge in [0.05, 0.1) is 12.2 Å². The molecule has 2 aromatic rings. The van der Waals surface area contributed by atoms with Crippen LogP contribution in [0.25, 0.3) is 0 Å². The number of amides is 2. The number of rotatable bonds is 8. The molecule has 0 aliphatic heterocycles. The van der Waals surface area contributed by atoms with Crippen molar-refractivity contribution >= 4 is 23.2 Å². The van der Waals surface area contributed by atoms with E-state index in [2.05, 4.69) is 29.0 Å². The first kappa shape index (κ1) is 19.4. The average Bonchev–Trinajstić information content (AvgIpc) is 2.64. The Balaban J connectivity index is 1.96. The van der Waals surface area contributed by atoms with Crippen LogP contribution < -0.4 is 10.2 Å². The molecule has 0 fully saturated rings. The van der Waals surface area contributed by atoms with Crippen molar-refractivity contribution in [2.24, 2.45) is 0 Å². The van der Waals surface area contributed by atoms with Crippen LogP contribution in [0.4, 0.5) is 11.4 Å². The molecule has 0 saturated carbocycles. The van der Waals surface area contributed by atoms with E-state index in [1.165, 1.54) is 11.8 Å². The van der Waals surface area contributed by atoms with Crippen molar-refractivity contribution in [1.82, 2.24) is 9.88 Å². The molecule has 2 rings (SSSR count). The minimum atomic E-state index is -0.230. The largest absolute Gasteiger partial charge is 0.372 e. The third-order valence-corrected chi connectivity index (χ3v) is 4.14. The van der Waals surface area contributed by atoms with Crippen LogP contribution in [-0.4, -0.2) is 41.3 Å². The van der Waals surface area contributed by atoms with Gasteiger partial charge in [0.2, 0.25) is 11.8 Å². The van der Waals surface area contributed by atoms with Gasteiger partial charge in [0.25, 0.3) is 0 Å². The molecule has 0 atom stereocenters. The molecule has 0 saturated heterocycles. The standard InChI is InChI=1S/C20H26N4O2/c1-4-23(5-2)19-11-9-17(10-12-19)22-20(26)15-24(16(3)25)14-18-8-6-7-13-21-18/h6-13H,4-5,14-15H2,1-3H3,(H,22,26). The number of hydrogen-bond donors (Lipinski definition) is 1. The summed E-state index contributed by atoms with van der Waals surface area (Å²) in [4.78, 5) is 32.1. The van der Waals surface area contributed by atoms with Crippen LogP contribution in [0.3, 0.4) is 0 Å². The van der Waals surface area contributed by atoms with E-state index in [9.17, 15) is 9.59 Å². The van der Waals surface area contributed by atoms with Gasteiger partial charge in [-0.15, -0.1) is 0 Å². The second-order valence-electron chi connectivity index (χ2n) is 5.96. The van der Waals surface area contributed by atoms with E-state index in [1.807, 2.05) is 42.5 Å². The zero-order valence-electron chi connectivity index (χ0n) is 15.6. The Morgan fingerprint density at radius 1 is 1.04 bits per heavy atom. The number of benzene rings is 1. The zero-order chi connectivity index (χ0) is 18.9. The first-order valence-electron chi connectivity index (χ1n) is 8.83. The molecule has 1 aromatic heterocycles. The second kappa shape index (κ2) is 9.56. The molecular formula is C20H26N4O2. The van der Waals surface area contributed by atoms with Gasteiger partial charge in [-0.2, -0.15) is 0 Å². The fourth-order valence-electron chi connectivity index (χ4n) is 2.68. The lowest BCUT2D eigenvalue weighted by atomic mass is 10.2. The summed E-state index contributed by atoms with van der Waals surface area (Å²) in [7, 11) is 0. The summed E-state index contributed by atoms with van der Waals surface area (Å²) < 4.78 is 0. The van der Waals surface area contributed by atoms with Gasteiger partial charge in [0.15, 0.2) is 0 Å². The number of pyridine rings is 1. The first-order valence-corrected chi connectivity index (χ1v) is 8.83. The summed E-state index contributed by atoms with van der Waals surface area (Å²) in [5.74, 6) is -0.394. The van der Waals surface area contributed by atoms with E-state index in [0.717, 1.165) is 24.5 Å². The van der Waals surface area contributed by atoms with Gasteiger partial charge >= 0.3 is 0 Å². The van der Waals surface area contributed by atoms with E-state index >= 15 is 0 Å². The Kier molecular flexibility index (Phi) is 7.14. The van der Waals surface area contributed by atoms with E-state index in [1.54, 1.807) is 6.20 Å². The molecule has 1 heterocycles. The van der Waals surface area contributed by atoms with E-state index in [-0.39, 0.29) is 18.4 Å². The van der Waals surface area contributed by atoms with Crippen molar-refractivity contribution in [2.45, 2.75) is 27.3 Å². The molecule has 26 heavy (non-hydrogen) atoms. The Bertz CT molecular complexity index is 712. The minimum absolute atomic E-state index is 0.0102. The molecule has 0 aliphatic rings. The maximum absolute atomic E-state index is 12.3. The number of carbonyl (C=O) groups is 2.